The van der Waals surface area contributed by atoms with Crippen molar-refractivity contribution in [1.82, 2.24) is 4.90 Å². The zero-order valence-electron chi connectivity index (χ0n) is 12.0. The van der Waals surface area contributed by atoms with Gasteiger partial charge in [-0.1, -0.05) is 6.07 Å². The van der Waals surface area contributed by atoms with Crippen LogP contribution in [0.25, 0.3) is 0 Å². The van der Waals surface area contributed by atoms with Crippen LogP contribution in [-0.2, 0) is 11.3 Å². The molecule has 1 fully saturated rings. The summed E-state index contributed by atoms with van der Waals surface area (Å²) < 4.78 is 18.9. The van der Waals surface area contributed by atoms with Gasteiger partial charge < -0.3 is 14.9 Å². The van der Waals surface area contributed by atoms with E-state index in [-0.39, 0.29) is 5.56 Å². The SMILES string of the molecule is CN(Cc1ccc(C(=O)O)c(F)c1)CC1(O)CCOCC1. The lowest BCUT2D eigenvalue weighted by Gasteiger charge is -2.35. The Morgan fingerprint density at radius 1 is 1.43 bits per heavy atom. The average molecular weight is 297 g/mol. The van der Waals surface area contributed by atoms with Crippen molar-refractivity contribution in [2.45, 2.75) is 25.0 Å². The van der Waals surface area contributed by atoms with E-state index in [2.05, 4.69) is 0 Å². The lowest BCUT2D eigenvalue weighted by atomic mass is 9.94. The molecular formula is C15H20FNO4. The number of hydrogen-bond donors (Lipinski definition) is 2. The minimum atomic E-state index is -1.27. The monoisotopic (exact) mass is 297 g/mol. The summed E-state index contributed by atoms with van der Waals surface area (Å²) in [6, 6.07) is 4.09. The number of halogens is 1. The zero-order chi connectivity index (χ0) is 15.5. The number of likely N-dealkylation sites (N-methyl/N-ethyl adjacent to an activating group) is 1. The highest BCUT2D eigenvalue weighted by atomic mass is 19.1. The highest BCUT2D eigenvalue weighted by Crippen LogP contribution is 2.22. The summed E-state index contributed by atoms with van der Waals surface area (Å²) in [5, 5.41) is 19.2. The van der Waals surface area contributed by atoms with Crippen molar-refractivity contribution < 1.29 is 24.1 Å². The average Bonchev–Trinajstić information content (AvgIpc) is 2.38. The minimum Gasteiger partial charge on any atom is -0.478 e. The number of hydrogen-bond acceptors (Lipinski definition) is 4. The molecule has 6 heteroatoms. The van der Waals surface area contributed by atoms with Gasteiger partial charge in [-0.2, -0.15) is 0 Å². The van der Waals surface area contributed by atoms with Crippen molar-refractivity contribution in [3.05, 3.63) is 35.1 Å². The first kappa shape index (κ1) is 15.9. The van der Waals surface area contributed by atoms with Gasteiger partial charge in [0.2, 0.25) is 0 Å². The third kappa shape index (κ3) is 4.23. The molecule has 1 aromatic carbocycles. The van der Waals surface area contributed by atoms with Gasteiger partial charge in [-0.3, -0.25) is 4.90 Å². The topological polar surface area (TPSA) is 70.0 Å². The number of ether oxygens (including phenoxy) is 1. The third-order valence-corrected chi connectivity index (χ3v) is 3.70. The van der Waals surface area contributed by atoms with Gasteiger partial charge in [0.15, 0.2) is 0 Å². The van der Waals surface area contributed by atoms with E-state index in [9.17, 15) is 14.3 Å². The van der Waals surface area contributed by atoms with Crippen LogP contribution in [0.4, 0.5) is 4.39 Å². The molecule has 0 bridgehead atoms. The first-order valence-electron chi connectivity index (χ1n) is 6.90. The fraction of sp³-hybridized carbons (Fsp3) is 0.533. The smallest absolute Gasteiger partial charge is 0.338 e. The molecule has 0 spiro atoms. The second-order valence-corrected chi connectivity index (χ2v) is 5.63. The number of nitrogens with zero attached hydrogens (tertiary/aromatic N) is 1. The second kappa shape index (κ2) is 6.51. The van der Waals surface area contributed by atoms with Crippen LogP contribution >= 0.6 is 0 Å². The molecule has 1 saturated heterocycles. The summed E-state index contributed by atoms with van der Waals surface area (Å²) in [5.74, 6) is -2.01. The number of benzene rings is 1. The number of rotatable bonds is 5. The van der Waals surface area contributed by atoms with Gasteiger partial charge in [-0.25, -0.2) is 9.18 Å². The molecule has 0 atom stereocenters. The van der Waals surface area contributed by atoms with E-state index >= 15 is 0 Å². The molecule has 0 aliphatic carbocycles. The number of carboxylic acid groups (broad SMARTS) is 1. The second-order valence-electron chi connectivity index (χ2n) is 5.63. The molecule has 2 N–H and O–H groups in total. The van der Waals surface area contributed by atoms with Crippen molar-refractivity contribution in [1.29, 1.82) is 0 Å². The maximum Gasteiger partial charge on any atom is 0.338 e. The third-order valence-electron chi connectivity index (χ3n) is 3.70. The summed E-state index contributed by atoms with van der Waals surface area (Å²) in [7, 11) is 1.84. The van der Waals surface area contributed by atoms with Crippen LogP contribution in [0.1, 0.15) is 28.8 Å². The van der Waals surface area contributed by atoms with Crippen LogP contribution in [0.3, 0.4) is 0 Å². The molecule has 2 rings (SSSR count). The van der Waals surface area contributed by atoms with E-state index in [1.54, 1.807) is 6.07 Å². The number of carbonyl (C=O) groups is 1. The molecule has 1 heterocycles. The summed E-state index contributed by atoms with van der Waals surface area (Å²) in [6.45, 7) is 2.01. The fourth-order valence-electron chi connectivity index (χ4n) is 2.61. The van der Waals surface area contributed by atoms with Gasteiger partial charge in [0.05, 0.1) is 11.2 Å². The molecule has 21 heavy (non-hydrogen) atoms. The van der Waals surface area contributed by atoms with Gasteiger partial charge in [-0.15, -0.1) is 0 Å². The molecule has 0 saturated carbocycles. The van der Waals surface area contributed by atoms with Gasteiger partial charge in [-0.05, 0) is 24.7 Å². The maximum absolute atomic E-state index is 13.6. The largest absolute Gasteiger partial charge is 0.478 e. The summed E-state index contributed by atoms with van der Waals surface area (Å²) in [6.07, 6.45) is 1.17. The van der Waals surface area contributed by atoms with Crippen LogP contribution in [-0.4, -0.2) is 53.5 Å². The Hall–Kier alpha value is -1.50. The number of aromatic carboxylic acids is 1. The molecule has 0 unspecified atom stereocenters. The highest BCUT2D eigenvalue weighted by molar-refractivity contribution is 5.87. The van der Waals surface area contributed by atoms with Gasteiger partial charge in [0, 0.05) is 39.1 Å². The molecule has 0 radical (unpaired) electrons. The quantitative estimate of drug-likeness (QED) is 0.862. The highest BCUT2D eigenvalue weighted by Gasteiger charge is 2.30. The van der Waals surface area contributed by atoms with Gasteiger partial charge in [0.25, 0.3) is 0 Å². The molecule has 5 nitrogen and oxygen atoms in total. The Morgan fingerprint density at radius 3 is 2.67 bits per heavy atom. The van der Waals surface area contributed by atoms with Crippen LogP contribution in [0.2, 0.25) is 0 Å². The number of aliphatic hydroxyl groups is 1. The minimum absolute atomic E-state index is 0.329. The molecule has 116 valence electrons. The van der Waals surface area contributed by atoms with E-state index in [1.807, 2.05) is 11.9 Å². The summed E-state index contributed by atoms with van der Waals surface area (Å²) in [5.41, 5.74) is -0.424. The van der Waals surface area contributed by atoms with Crippen molar-refractivity contribution >= 4 is 5.97 Å². The van der Waals surface area contributed by atoms with Crippen LogP contribution in [0.15, 0.2) is 18.2 Å². The molecule has 1 aliphatic heterocycles. The Balaban J connectivity index is 1.97. The molecule has 1 aliphatic rings. The Bertz CT molecular complexity index is 514. The Kier molecular flexibility index (Phi) is 4.92. The maximum atomic E-state index is 13.6. The summed E-state index contributed by atoms with van der Waals surface area (Å²) >= 11 is 0. The van der Waals surface area contributed by atoms with Crippen molar-refractivity contribution in [2.24, 2.45) is 0 Å². The summed E-state index contributed by atoms with van der Waals surface area (Å²) in [4.78, 5) is 12.7. The van der Waals surface area contributed by atoms with Crippen molar-refractivity contribution in [2.75, 3.05) is 26.8 Å². The Morgan fingerprint density at radius 2 is 2.10 bits per heavy atom. The first-order chi connectivity index (χ1) is 9.89. The van der Waals surface area contributed by atoms with Crippen LogP contribution < -0.4 is 0 Å². The number of carboxylic acids is 1. The normalized spacial score (nSPS) is 17.9. The van der Waals surface area contributed by atoms with E-state index < -0.39 is 17.4 Å². The molecule has 0 amide bonds. The lowest BCUT2D eigenvalue weighted by molar-refractivity contribution is -0.0777. The van der Waals surface area contributed by atoms with E-state index in [1.165, 1.54) is 12.1 Å². The standard InChI is InChI=1S/C15H20FNO4/c1-17(10-15(20)4-6-21-7-5-15)9-11-2-3-12(14(18)19)13(16)8-11/h2-3,8,20H,4-7,9-10H2,1H3,(H,18,19). The zero-order valence-corrected chi connectivity index (χ0v) is 12.0. The lowest BCUT2D eigenvalue weighted by Crippen LogP contribution is -2.45. The van der Waals surface area contributed by atoms with Gasteiger partial charge in [0.1, 0.15) is 5.82 Å². The van der Waals surface area contributed by atoms with Crippen LogP contribution in [0, 0.1) is 5.82 Å². The van der Waals surface area contributed by atoms with Crippen LogP contribution in [0.5, 0.6) is 0 Å². The predicted molar refractivity (Wildman–Crippen MR) is 74.7 cm³/mol. The van der Waals surface area contributed by atoms with Gasteiger partial charge >= 0.3 is 5.97 Å². The van der Waals surface area contributed by atoms with E-state index in [0.717, 1.165) is 0 Å². The fourth-order valence-corrected chi connectivity index (χ4v) is 2.61. The van der Waals surface area contributed by atoms with E-state index in [0.29, 0.717) is 44.7 Å². The Labute approximate surface area is 122 Å². The molecule has 1 aromatic rings. The molecular weight excluding hydrogens is 277 g/mol. The van der Waals surface area contributed by atoms with Crippen molar-refractivity contribution in [3.63, 3.8) is 0 Å². The van der Waals surface area contributed by atoms with E-state index in [4.69, 9.17) is 9.84 Å². The van der Waals surface area contributed by atoms with Crippen molar-refractivity contribution in [3.8, 4) is 0 Å². The predicted octanol–water partition coefficient (Wildman–Crippen LogP) is 1.50. The first-order valence-corrected chi connectivity index (χ1v) is 6.90. The molecule has 0 aromatic heterocycles.